The third kappa shape index (κ3) is 3.50. The number of amides is 1. The molecule has 0 fully saturated rings. The summed E-state index contributed by atoms with van der Waals surface area (Å²) in [7, 11) is 0. The summed E-state index contributed by atoms with van der Waals surface area (Å²) in [5.74, 6) is 0.103. The molecule has 0 saturated heterocycles. The van der Waals surface area contributed by atoms with E-state index in [1.54, 1.807) is 6.92 Å². The van der Waals surface area contributed by atoms with Crippen molar-refractivity contribution in [1.29, 1.82) is 0 Å². The summed E-state index contributed by atoms with van der Waals surface area (Å²) in [5.41, 5.74) is 9.40. The van der Waals surface area contributed by atoms with Crippen molar-refractivity contribution in [1.82, 2.24) is 5.32 Å². The summed E-state index contributed by atoms with van der Waals surface area (Å²) in [6.45, 7) is 5.74. The van der Waals surface area contributed by atoms with Gasteiger partial charge in [0, 0.05) is 5.71 Å². The van der Waals surface area contributed by atoms with Crippen molar-refractivity contribution >= 4 is 29.2 Å². The van der Waals surface area contributed by atoms with E-state index >= 15 is 0 Å². The molecule has 1 aromatic rings. The second kappa shape index (κ2) is 5.64. The van der Waals surface area contributed by atoms with Crippen LogP contribution in [0.25, 0.3) is 0 Å². The highest BCUT2D eigenvalue weighted by atomic mass is 16.1. The van der Waals surface area contributed by atoms with Crippen LogP contribution in [0.3, 0.4) is 0 Å². The summed E-state index contributed by atoms with van der Waals surface area (Å²) in [4.78, 5) is 23.7. The minimum Gasteiger partial charge on any atom is -0.368 e. The predicted octanol–water partition coefficient (Wildman–Crippen LogP) is 1.59. The van der Waals surface area contributed by atoms with Crippen molar-refractivity contribution in [3.8, 4) is 0 Å². The van der Waals surface area contributed by atoms with Gasteiger partial charge in [0.25, 0.3) is 0 Å². The lowest BCUT2D eigenvalue weighted by Gasteiger charge is -2.10. The fourth-order valence-corrected chi connectivity index (χ4v) is 1.89. The van der Waals surface area contributed by atoms with Gasteiger partial charge < -0.3 is 5.73 Å². The normalized spacial score (nSPS) is 17.9. The molecule has 1 amide bonds. The number of carbonyl (C=O) groups excluding carboxylic acids is 1. The highest BCUT2D eigenvalue weighted by Crippen LogP contribution is 2.19. The molecule has 2 rings (SSSR count). The molecule has 0 spiro atoms. The lowest BCUT2D eigenvalue weighted by atomic mass is 10.1. The third-order valence-corrected chi connectivity index (χ3v) is 2.77. The maximum atomic E-state index is 11.4. The predicted molar refractivity (Wildman–Crippen MR) is 80.5 cm³/mol. The number of carbonyl (C=O) groups is 1. The van der Waals surface area contributed by atoms with Crippen molar-refractivity contribution < 1.29 is 4.79 Å². The molecule has 1 aliphatic heterocycles. The molecule has 6 nitrogen and oxygen atoms in total. The van der Waals surface area contributed by atoms with Gasteiger partial charge in [-0.1, -0.05) is 17.7 Å². The fraction of sp³-hybridized carbons (Fsp3) is 0.286. The van der Waals surface area contributed by atoms with Gasteiger partial charge in [-0.05, 0) is 32.4 Å². The van der Waals surface area contributed by atoms with Crippen LogP contribution in [0, 0.1) is 13.8 Å². The lowest BCUT2D eigenvalue weighted by molar-refractivity contribution is -0.118. The molecule has 0 unspecified atom stereocenters. The van der Waals surface area contributed by atoms with Crippen molar-refractivity contribution in [2.45, 2.75) is 27.2 Å². The monoisotopic (exact) mass is 271 g/mol. The van der Waals surface area contributed by atoms with E-state index in [0.29, 0.717) is 5.71 Å². The number of nitrogens with two attached hydrogens (primary N) is 1. The van der Waals surface area contributed by atoms with E-state index in [1.807, 2.05) is 32.0 Å². The van der Waals surface area contributed by atoms with Gasteiger partial charge in [0.1, 0.15) is 0 Å². The minimum absolute atomic E-state index is 0.0608. The van der Waals surface area contributed by atoms with Gasteiger partial charge in [0.15, 0.2) is 0 Å². The van der Waals surface area contributed by atoms with Crippen LogP contribution in [-0.4, -0.2) is 23.5 Å². The Kier molecular flexibility index (Phi) is 3.93. The van der Waals surface area contributed by atoms with Gasteiger partial charge >= 0.3 is 0 Å². The second-order valence-corrected chi connectivity index (χ2v) is 4.77. The van der Waals surface area contributed by atoms with Gasteiger partial charge in [0.05, 0.1) is 12.1 Å². The molecule has 20 heavy (non-hydrogen) atoms. The third-order valence-electron chi connectivity index (χ3n) is 2.77. The van der Waals surface area contributed by atoms with E-state index in [4.69, 9.17) is 5.73 Å². The number of aliphatic imine (C=N–C) groups is 3. The first kappa shape index (κ1) is 13.9. The number of nitrogens with one attached hydrogen (secondary N) is 1. The first-order valence-corrected chi connectivity index (χ1v) is 6.28. The van der Waals surface area contributed by atoms with Crippen molar-refractivity contribution in [3.05, 3.63) is 29.3 Å². The average molecular weight is 271 g/mol. The Morgan fingerprint density at radius 1 is 1.35 bits per heavy atom. The number of guanidine groups is 2. The minimum atomic E-state index is -0.143. The molecule has 0 aromatic heterocycles. The number of aryl methyl sites for hydroxylation is 2. The number of hydrogen-bond donors (Lipinski definition) is 2. The maximum Gasteiger partial charge on any atom is 0.232 e. The zero-order valence-electron chi connectivity index (χ0n) is 11.8. The van der Waals surface area contributed by atoms with Crippen LogP contribution in [0.15, 0.2) is 33.2 Å². The average Bonchev–Trinajstić information content (AvgIpc) is 2.31. The van der Waals surface area contributed by atoms with Gasteiger partial charge in [0.2, 0.25) is 17.8 Å². The molecule has 3 N–H and O–H groups in total. The van der Waals surface area contributed by atoms with Gasteiger partial charge in [-0.15, -0.1) is 0 Å². The van der Waals surface area contributed by atoms with Crippen molar-refractivity contribution in [2.75, 3.05) is 0 Å². The molecule has 0 radical (unpaired) electrons. The van der Waals surface area contributed by atoms with Gasteiger partial charge in [-0.2, -0.15) is 4.99 Å². The molecule has 104 valence electrons. The van der Waals surface area contributed by atoms with E-state index in [9.17, 15) is 4.79 Å². The number of hydrogen-bond acceptors (Lipinski definition) is 2. The Morgan fingerprint density at radius 2 is 2.10 bits per heavy atom. The second-order valence-electron chi connectivity index (χ2n) is 4.77. The van der Waals surface area contributed by atoms with Crippen LogP contribution < -0.4 is 11.1 Å². The molecular weight excluding hydrogens is 254 g/mol. The van der Waals surface area contributed by atoms with Crippen molar-refractivity contribution in [3.63, 3.8) is 0 Å². The smallest absolute Gasteiger partial charge is 0.232 e. The SMILES string of the molecule is CC1=NC(=NC(N)=Nc2ccc(C)cc2C)NC(=O)C1. The number of rotatable bonds is 1. The Hall–Kier alpha value is -2.50. The summed E-state index contributed by atoms with van der Waals surface area (Å²) < 4.78 is 0. The molecule has 1 aliphatic rings. The highest BCUT2D eigenvalue weighted by Gasteiger charge is 2.13. The highest BCUT2D eigenvalue weighted by molar-refractivity contribution is 6.16. The summed E-state index contributed by atoms with van der Waals surface area (Å²) >= 11 is 0. The summed E-state index contributed by atoms with van der Waals surface area (Å²) in [5, 5.41) is 2.55. The van der Waals surface area contributed by atoms with Crippen LogP contribution >= 0.6 is 0 Å². The zero-order chi connectivity index (χ0) is 14.7. The molecule has 0 atom stereocenters. The molecule has 0 saturated carbocycles. The van der Waals surface area contributed by atoms with Crippen molar-refractivity contribution in [2.24, 2.45) is 20.7 Å². The standard InChI is InChI=1S/C14H17N5O/c1-8-4-5-11(9(2)6-8)17-13(15)19-14-16-10(3)7-12(20)18-14/h4-6H,7H2,1-3H3,(H3,15,17,18,19,20). The number of nitrogens with zero attached hydrogens (tertiary/aromatic N) is 3. The Bertz CT molecular complexity index is 643. The Balaban J connectivity index is 2.27. The van der Waals surface area contributed by atoms with E-state index in [0.717, 1.165) is 16.8 Å². The largest absolute Gasteiger partial charge is 0.368 e. The number of benzene rings is 1. The van der Waals surface area contributed by atoms with Gasteiger partial charge in [-0.25, -0.2) is 9.98 Å². The molecule has 6 heteroatoms. The van der Waals surface area contributed by atoms with E-state index in [1.165, 1.54) is 0 Å². The summed E-state index contributed by atoms with van der Waals surface area (Å²) in [6, 6.07) is 5.85. The fourth-order valence-electron chi connectivity index (χ4n) is 1.89. The van der Waals surface area contributed by atoms with Crippen LogP contribution in [-0.2, 0) is 4.79 Å². The van der Waals surface area contributed by atoms with Crippen LogP contribution in [0.1, 0.15) is 24.5 Å². The van der Waals surface area contributed by atoms with E-state index in [2.05, 4.69) is 20.3 Å². The molecular formula is C14H17N5O. The van der Waals surface area contributed by atoms with Crippen LogP contribution in [0.2, 0.25) is 0 Å². The van der Waals surface area contributed by atoms with E-state index < -0.39 is 0 Å². The first-order valence-electron chi connectivity index (χ1n) is 6.28. The molecule has 1 heterocycles. The molecule has 0 aliphatic carbocycles. The van der Waals surface area contributed by atoms with Gasteiger partial charge in [-0.3, -0.25) is 10.1 Å². The Labute approximate surface area is 117 Å². The topological polar surface area (TPSA) is 92.2 Å². The molecule has 0 bridgehead atoms. The molecule has 1 aromatic carbocycles. The zero-order valence-corrected chi connectivity index (χ0v) is 11.8. The van der Waals surface area contributed by atoms with Crippen LogP contribution in [0.4, 0.5) is 5.69 Å². The summed E-state index contributed by atoms with van der Waals surface area (Å²) in [6.07, 6.45) is 0.285. The first-order chi connectivity index (χ1) is 9.44. The quantitative estimate of drug-likeness (QED) is 0.599. The van der Waals surface area contributed by atoms with E-state index in [-0.39, 0.29) is 24.2 Å². The Morgan fingerprint density at radius 3 is 2.75 bits per heavy atom. The van der Waals surface area contributed by atoms with Crippen LogP contribution in [0.5, 0.6) is 0 Å². The lowest BCUT2D eigenvalue weighted by Crippen LogP contribution is -2.36. The maximum absolute atomic E-state index is 11.4.